The quantitative estimate of drug-likeness (QED) is 0.656. The predicted molar refractivity (Wildman–Crippen MR) is 67.1 cm³/mol. The molecule has 0 aromatic heterocycles. The van der Waals surface area contributed by atoms with Gasteiger partial charge in [0.1, 0.15) is 5.02 Å². The topological polar surface area (TPSA) is 92.5 Å². The van der Waals surface area contributed by atoms with Gasteiger partial charge >= 0.3 is 0 Å². The molecular weight excluding hydrogens is 283 g/mol. The Hall–Kier alpha value is -1.37. The second kappa shape index (κ2) is 5.99. The number of nitrogens with zero attached hydrogens (tertiary/aromatic N) is 1. The van der Waals surface area contributed by atoms with Crippen LogP contribution >= 0.6 is 23.2 Å². The summed E-state index contributed by atoms with van der Waals surface area (Å²) >= 11 is 11.4. The van der Waals surface area contributed by atoms with E-state index < -0.39 is 22.6 Å². The van der Waals surface area contributed by atoms with Gasteiger partial charge in [-0.05, 0) is 13.0 Å². The number of carbonyl (C=O) groups is 1. The van der Waals surface area contributed by atoms with Gasteiger partial charge in [-0.2, -0.15) is 0 Å². The minimum atomic E-state index is -0.722. The monoisotopic (exact) mass is 292 g/mol. The average molecular weight is 293 g/mol. The van der Waals surface area contributed by atoms with Crippen LogP contribution < -0.4 is 5.32 Å². The van der Waals surface area contributed by atoms with Crippen LogP contribution in [0, 0.1) is 10.1 Å². The van der Waals surface area contributed by atoms with Crippen LogP contribution in [0.15, 0.2) is 12.1 Å². The molecule has 0 aliphatic carbocycles. The molecule has 0 heterocycles. The van der Waals surface area contributed by atoms with Gasteiger partial charge in [-0.1, -0.05) is 23.2 Å². The van der Waals surface area contributed by atoms with Crippen LogP contribution in [0.2, 0.25) is 10.0 Å². The van der Waals surface area contributed by atoms with Crippen molar-refractivity contribution in [3.8, 4) is 0 Å². The Bertz CT molecular complexity index is 493. The van der Waals surface area contributed by atoms with Gasteiger partial charge in [0.15, 0.2) is 0 Å². The maximum absolute atomic E-state index is 11.7. The number of aliphatic hydroxyl groups is 1. The molecule has 0 spiro atoms. The summed E-state index contributed by atoms with van der Waals surface area (Å²) < 4.78 is 0. The Kier molecular flexibility index (Phi) is 4.89. The summed E-state index contributed by atoms with van der Waals surface area (Å²) in [6.07, 6.45) is 0. The summed E-state index contributed by atoms with van der Waals surface area (Å²) in [5, 5.41) is 21.7. The smallest absolute Gasteiger partial charge is 0.290 e. The van der Waals surface area contributed by atoms with E-state index in [1.807, 2.05) is 0 Å². The van der Waals surface area contributed by atoms with E-state index in [2.05, 4.69) is 5.32 Å². The maximum Gasteiger partial charge on any atom is 0.290 e. The summed E-state index contributed by atoms with van der Waals surface area (Å²) in [5.41, 5.74) is -0.428. The lowest BCUT2D eigenvalue weighted by Gasteiger charge is -2.11. The van der Waals surface area contributed by atoms with Crippen molar-refractivity contribution in [3.05, 3.63) is 37.9 Å². The molecule has 0 aliphatic heterocycles. The molecule has 8 heteroatoms. The third-order valence-electron chi connectivity index (χ3n) is 2.12. The van der Waals surface area contributed by atoms with Crippen LogP contribution in [0.1, 0.15) is 17.3 Å². The fourth-order valence-corrected chi connectivity index (χ4v) is 1.58. The molecule has 0 saturated carbocycles. The van der Waals surface area contributed by atoms with Crippen molar-refractivity contribution in [2.24, 2.45) is 0 Å². The summed E-state index contributed by atoms with van der Waals surface area (Å²) in [5.74, 6) is -0.571. The number of benzene rings is 1. The first kappa shape index (κ1) is 14.7. The van der Waals surface area contributed by atoms with E-state index in [9.17, 15) is 14.9 Å². The first-order valence-corrected chi connectivity index (χ1v) is 5.67. The molecule has 0 saturated heterocycles. The van der Waals surface area contributed by atoms with Crippen molar-refractivity contribution >= 4 is 34.8 Å². The maximum atomic E-state index is 11.7. The summed E-state index contributed by atoms with van der Waals surface area (Å²) in [6.45, 7) is 1.35. The van der Waals surface area contributed by atoms with Crippen LogP contribution in [0.5, 0.6) is 0 Å². The molecule has 0 bridgehead atoms. The molecule has 1 unspecified atom stereocenters. The minimum absolute atomic E-state index is 0.0106. The summed E-state index contributed by atoms with van der Waals surface area (Å²) in [4.78, 5) is 21.7. The molecule has 6 nitrogen and oxygen atoms in total. The zero-order valence-corrected chi connectivity index (χ0v) is 10.8. The highest BCUT2D eigenvalue weighted by atomic mass is 35.5. The molecule has 2 N–H and O–H groups in total. The Balaban J connectivity index is 3.11. The van der Waals surface area contributed by atoms with Crippen LogP contribution in [0.3, 0.4) is 0 Å². The number of halogens is 2. The second-order valence-electron chi connectivity index (χ2n) is 3.61. The number of nitro groups is 1. The summed E-state index contributed by atoms with van der Waals surface area (Å²) in [7, 11) is 0. The van der Waals surface area contributed by atoms with Crippen molar-refractivity contribution in [3.63, 3.8) is 0 Å². The van der Waals surface area contributed by atoms with E-state index in [1.165, 1.54) is 6.07 Å². The standard InChI is InChI=1S/C10H10Cl2N2O4/c1-5(4-15)13-10(16)6-2-7(11)9(12)8(3-6)14(17)18/h2-3,5,15H,4H2,1H3,(H,13,16). The van der Waals surface area contributed by atoms with E-state index in [0.29, 0.717) is 0 Å². The van der Waals surface area contributed by atoms with E-state index in [4.69, 9.17) is 28.3 Å². The number of nitrogens with one attached hydrogen (secondary N) is 1. The highest BCUT2D eigenvalue weighted by molar-refractivity contribution is 6.43. The Morgan fingerprint density at radius 3 is 2.67 bits per heavy atom. The van der Waals surface area contributed by atoms with E-state index in [1.54, 1.807) is 6.92 Å². The average Bonchev–Trinajstić information content (AvgIpc) is 2.31. The van der Waals surface area contributed by atoms with Crippen molar-refractivity contribution in [2.45, 2.75) is 13.0 Å². The minimum Gasteiger partial charge on any atom is -0.394 e. The van der Waals surface area contributed by atoms with Crippen molar-refractivity contribution in [1.29, 1.82) is 0 Å². The van der Waals surface area contributed by atoms with Gasteiger partial charge in [0.05, 0.1) is 16.6 Å². The van der Waals surface area contributed by atoms with E-state index in [-0.39, 0.29) is 22.2 Å². The number of hydrogen-bond donors (Lipinski definition) is 2. The van der Waals surface area contributed by atoms with Gasteiger partial charge < -0.3 is 10.4 Å². The fraction of sp³-hybridized carbons (Fsp3) is 0.300. The van der Waals surface area contributed by atoms with Crippen molar-refractivity contribution in [1.82, 2.24) is 5.32 Å². The SMILES string of the molecule is CC(CO)NC(=O)c1cc(Cl)c(Cl)c([N+](=O)[O-])c1. The predicted octanol–water partition coefficient (Wildman–Crippen LogP) is 2.01. The van der Waals surface area contributed by atoms with Crippen LogP contribution in [-0.4, -0.2) is 28.6 Å². The number of amides is 1. The van der Waals surface area contributed by atoms with Gasteiger partial charge in [0, 0.05) is 17.7 Å². The number of hydrogen-bond acceptors (Lipinski definition) is 4. The number of nitro benzene ring substituents is 1. The third-order valence-corrected chi connectivity index (χ3v) is 2.91. The molecule has 1 amide bonds. The van der Waals surface area contributed by atoms with Crippen LogP contribution in [-0.2, 0) is 0 Å². The molecule has 18 heavy (non-hydrogen) atoms. The fourth-order valence-electron chi connectivity index (χ4n) is 1.19. The lowest BCUT2D eigenvalue weighted by atomic mass is 10.1. The lowest BCUT2D eigenvalue weighted by molar-refractivity contribution is -0.384. The Morgan fingerprint density at radius 1 is 1.56 bits per heavy atom. The molecule has 0 aliphatic rings. The largest absolute Gasteiger partial charge is 0.394 e. The molecule has 0 radical (unpaired) electrons. The number of rotatable bonds is 4. The van der Waals surface area contributed by atoms with Gasteiger partial charge in [-0.3, -0.25) is 14.9 Å². The Labute approximate surface area is 113 Å². The zero-order valence-electron chi connectivity index (χ0n) is 9.31. The highest BCUT2D eigenvalue weighted by Gasteiger charge is 2.20. The van der Waals surface area contributed by atoms with Gasteiger partial charge in [-0.25, -0.2) is 0 Å². The molecule has 1 rings (SSSR count). The normalized spacial score (nSPS) is 12.0. The van der Waals surface area contributed by atoms with Crippen molar-refractivity contribution in [2.75, 3.05) is 6.61 Å². The molecular formula is C10H10Cl2N2O4. The first-order valence-electron chi connectivity index (χ1n) is 4.92. The highest BCUT2D eigenvalue weighted by Crippen LogP contribution is 2.32. The zero-order chi connectivity index (χ0) is 13.9. The number of aliphatic hydroxyl groups excluding tert-OH is 1. The van der Waals surface area contributed by atoms with Gasteiger partial charge in [0.2, 0.25) is 0 Å². The van der Waals surface area contributed by atoms with Crippen molar-refractivity contribution < 1.29 is 14.8 Å². The molecule has 1 aromatic rings. The van der Waals surface area contributed by atoms with E-state index in [0.717, 1.165) is 6.07 Å². The van der Waals surface area contributed by atoms with Gasteiger partial charge in [-0.15, -0.1) is 0 Å². The Morgan fingerprint density at radius 2 is 2.17 bits per heavy atom. The van der Waals surface area contributed by atoms with Crippen LogP contribution in [0.4, 0.5) is 5.69 Å². The third kappa shape index (κ3) is 3.32. The van der Waals surface area contributed by atoms with E-state index >= 15 is 0 Å². The molecule has 1 atom stereocenters. The van der Waals surface area contributed by atoms with Crippen LogP contribution in [0.25, 0.3) is 0 Å². The second-order valence-corrected chi connectivity index (χ2v) is 4.39. The molecule has 0 fully saturated rings. The molecule has 1 aromatic carbocycles. The summed E-state index contributed by atoms with van der Waals surface area (Å²) in [6, 6.07) is 1.80. The number of carbonyl (C=O) groups excluding carboxylic acids is 1. The molecule has 98 valence electrons. The first-order chi connectivity index (χ1) is 8.36. The van der Waals surface area contributed by atoms with Gasteiger partial charge in [0.25, 0.3) is 11.6 Å². The lowest BCUT2D eigenvalue weighted by Crippen LogP contribution is -2.35.